The molecule has 0 aromatic rings. The van der Waals surface area contributed by atoms with Gasteiger partial charge >= 0.3 is 5.97 Å². The number of likely N-dealkylation sites (tertiary alicyclic amines) is 2. The lowest BCUT2D eigenvalue weighted by Gasteiger charge is -2.35. The summed E-state index contributed by atoms with van der Waals surface area (Å²) in [4.78, 5) is 16.6. The highest BCUT2D eigenvalue weighted by Gasteiger charge is 2.30. The van der Waals surface area contributed by atoms with E-state index in [9.17, 15) is 4.79 Å². The predicted molar refractivity (Wildman–Crippen MR) is 84.1 cm³/mol. The second kappa shape index (κ2) is 7.56. The van der Waals surface area contributed by atoms with Gasteiger partial charge in [-0.05, 0) is 71.1 Å². The Balaban J connectivity index is 1.65. The van der Waals surface area contributed by atoms with Gasteiger partial charge in [0, 0.05) is 13.1 Å². The molecule has 5 nitrogen and oxygen atoms in total. The van der Waals surface area contributed by atoms with Crippen molar-refractivity contribution in [2.75, 3.05) is 46.4 Å². The van der Waals surface area contributed by atoms with Gasteiger partial charge in [0.15, 0.2) is 0 Å². The maximum Gasteiger partial charge on any atom is 0.325 e. The van der Waals surface area contributed by atoms with E-state index in [0.717, 1.165) is 25.6 Å². The molecule has 2 heterocycles. The molecule has 21 heavy (non-hydrogen) atoms. The minimum atomic E-state index is -0.860. The van der Waals surface area contributed by atoms with Crippen LogP contribution >= 0.6 is 0 Å². The molecule has 5 heteroatoms. The quantitative estimate of drug-likeness (QED) is 0.743. The molecule has 0 aliphatic carbocycles. The van der Waals surface area contributed by atoms with Gasteiger partial charge in [-0.2, -0.15) is 0 Å². The van der Waals surface area contributed by atoms with Crippen LogP contribution in [0.5, 0.6) is 0 Å². The Morgan fingerprint density at radius 1 is 1.19 bits per heavy atom. The Bertz CT molecular complexity index is 332. The maximum absolute atomic E-state index is 11.6. The van der Waals surface area contributed by atoms with Crippen LogP contribution in [0.15, 0.2) is 0 Å². The summed E-state index contributed by atoms with van der Waals surface area (Å²) in [5.41, 5.74) is 5.16. The molecule has 2 aliphatic heterocycles. The molecule has 2 aliphatic rings. The summed E-state index contributed by atoms with van der Waals surface area (Å²) in [5.74, 6) is 0.538. The summed E-state index contributed by atoms with van der Waals surface area (Å²) in [6, 6.07) is 0. The molecule has 0 radical (unpaired) electrons. The minimum absolute atomic E-state index is 0.314. The molecule has 0 aromatic heterocycles. The van der Waals surface area contributed by atoms with Crippen LogP contribution in [0.1, 0.15) is 39.0 Å². The lowest BCUT2D eigenvalue weighted by molar-refractivity contribution is -0.146. The van der Waals surface area contributed by atoms with Crippen LogP contribution in [-0.2, 0) is 9.53 Å². The zero-order valence-corrected chi connectivity index (χ0v) is 13.6. The first-order valence-corrected chi connectivity index (χ1v) is 8.33. The van der Waals surface area contributed by atoms with Crippen LogP contribution in [0.25, 0.3) is 0 Å². The third-order valence-corrected chi connectivity index (χ3v) is 5.02. The molecule has 2 N–H and O–H groups in total. The molecule has 0 saturated carbocycles. The van der Waals surface area contributed by atoms with Crippen molar-refractivity contribution in [3.63, 3.8) is 0 Å². The van der Waals surface area contributed by atoms with Crippen LogP contribution in [0.4, 0.5) is 0 Å². The van der Waals surface area contributed by atoms with Crippen LogP contribution in [0, 0.1) is 5.92 Å². The number of nitrogens with two attached hydrogens (primary N) is 1. The van der Waals surface area contributed by atoms with E-state index in [4.69, 9.17) is 10.5 Å². The third kappa shape index (κ3) is 4.94. The molecule has 0 bridgehead atoms. The fraction of sp³-hybridized carbons (Fsp3) is 0.938. The number of methoxy groups -OCH3 is 1. The second-order valence-electron chi connectivity index (χ2n) is 6.95. The molecule has 0 aromatic carbocycles. The van der Waals surface area contributed by atoms with E-state index in [1.807, 2.05) is 0 Å². The standard InChI is InChI=1S/C16H31N3O2/c1-16(17,15(20)21-2)7-12-18-10-5-14(6-11-18)13-19-8-3-4-9-19/h14H,3-13,17H2,1-2H3. The highest BCUT2D eigenvalue weighted by atomic mass is 16.5. The first-order valence-electron chi connectivity index (χ1n) is 8.33. The number of hydrogen-bond donors (Lipinski definition) is 1. The molecule has 2 rings (SSSR count). The van der Waals surface area contributed by atoms with Crippen molar-refractivity contribution in [1.82, 2.24) is 9.80 Å². The molecule has 2 fully saturated rings. The number of nitrogens with zero attached hydrogens (tertiary/aromatic N) is 2. The zero-order valence-electron chi connectivity index (χ0n) is 13.6. The highest BCUT2D eigenvalue weighted by molar-refractivity contribution is 5.79. The van der Waals surface area contributed by atoms with Gasteiger partial charge in [0.05, 0.1) is 7.11 Å². The van der Waals surface area contributed by atoms with E-state index in [1.54, 1.807) is 6.92 Å². The van der Waals surface area contributed by atoms with Gasteiger partial charge in [0.25, 0.3) is 0 Å². The Hall–Kier alpha value is -0.650. The summed E-state index contributed by atoms with van der Waals surface area (Å²) in [6.45, 7) is 8.79. The van der Waals surface area contributed by atoms with Crippen molar-refractivity contribution < 1.29 is 9.53 Å². The number of rotatable bonds is 6. The molecule has 2 saturated heterocycles. The Labute approximate surface area is 128 Å². The predicted octanol–water partition coefficient (Wildman–Crippen LogP) is 1.07. The number of ether oxygens (including phenoxy) is 1. The molecule has 122 valence electrons. The van der Waals surface area contributed by atoms with E-state index >= 15 is 0 Å². The topological polar surface area (TPSA) is 58.8 Å². The Morgan fingerprint density at radius 3 is 2.38 bits per heavy atom. The summed E-state index contributed by atoms with van der Waals surface area (Å²) in [7, 11) is 1.40. The Morgan fingerprint density at radius 2 is 1.81 bits per heavy atom. The molecule has 0 spiro atoms. The van der Waals surface area contributed by atoms with Gasteiger partial charge in [0.1, 0.15) is 5.54 Å². The van der Waals surface area contributed by atoms with Crippen LogP contribution in [0.2, 0.25) is 0 Å². The van der Waals surface area contributed by atoms with E-state index in [2.05, 4.69) is 9.80 Å². The van der Waals surface area contributed by atoms with Crippen molar-refractivity contribution in [3.8, 4) is 0 Å². The van der Waals surface area contributed by atoms with Gasteiger partial charge in [-0.15, -0.1) is 0 Å². The Kier molecular flexibility index (Phi) is 6.02. The summed E-state index contributed by atoms with van der Waals surface area (Å²) >= 11 is 0. The molecule has 0 amide bonds. The maximum atomic E-state index is 11.6. The van der Waals surface area contributed by atoms with Gasteiger partial charge in [-0.25, -0.2) is 0 Å². The SMILES string of the molecule is COC(=O)C(C)(N)CCN1CCC(CN2CCCC2)CC1. The first kappa shape index (κ1) is 16.7. The van der Waals surface area contributed by atoms with Crippen LogP contribution in [-0.4, -0.2) is 67.7 Å². The molecule has 1 unspecified atom stereocenters. The molecular weight excluding hydrogens is 266 g/mol. The number of esters is 1. The summed E-state index contributed by atoms with van der Waals surface area (Å²) in [5, 5.41) is 0. The number of carbonyl (C=O) groups is 1. The van der Waals surface area contributed by atoms with Gasteiger partial charge in [-0.3, -0.25) is 4.79 Å². The first-order chi connectivity index (χ1) is 10.0. The molecular formula is C16H31N3O2. The van der Waals surface area contributed by atoms with E-state index in [1.165, 1.54) is 52.4 Å². The number of hydrogen-bond acceptors (Lipinski definition) is 5. The van der Waals surface area contributed by atoms with Gasteiger partial charge < -0.3 is 20.3 Å². The number of piperidine rings is 1. The monoisotopic (exact) mass is 297 g/mol. The fourth-order valence-electron chi connectivity index (χ4n) is 3.45. The summed E-state index contributed by atoms with van der Waals surface area (Å²) < 4.78 is 4.76. The van der Waals surface area contributed by atoms with E-state index in [0.29, 0.717) is 6.42 Å². The van der Waals surface area contributed by atoms with Crippen LogP contribution in [0.3, 0.4) is 0 Å². The second-order valence-corrected chi connectivity index (χ2v) is 6.95. The van der Waals surface area contributed by atoms with Crippen molar-refractivity contribution in [1.29, 1.82) is 0 Å². The third-order valence-electron chi connectivity index (χ3n) is 5.02. The van der Waals surface area contributed by atoms with Crippen molar-refractivity contribution in [2.24, 2.45) is 11.7 Å². The lowest BCUT2D eigenvalue weighted by atomic mass is 9.94. The smallest absolute Gasteiger partial charge is 0.325 e. The van der Waals surface area contributed by atoms with Crippen molar-refractivity contribution in [2.45, 2.75) is 44.6 Å². The van der Waals surface area contributed by atoms with E-state index in [-0.39, 0.29) is 5.97 Å². The average molecular weight is 297 g/mol. The number of carbonyl (C=O) groups excluding carboxylic acids is 1. The largest absolute Gasteiger partial charge is 0.468 e. The van der Waals surface area contributed by atoms with E-state index < -0.39 is 5.54 Å². The van der Waals surface area contributed by atoms with Crippen molar-refractivity contribution >= 4 is 5.97 Å². The molecule has 1 atom stereocenters. The highest BCUT2D eigenvalue weighted by Crippen LogP contribution is 2.21. The minimum Gasteiger partial charge on any atom is -0.468 e. The summed E-state index contributed by atoms with van der Waals surface area (Å²) in [6.07, 6.45) is 5.96. The normalized spacial score (nSPS) is 24.9. The van der Waals surface area contributed by atoms with Gasteiger partial charge in [-0.1, -0.05) is 0 Å². The fourth-order valence-corrected chi connectivity index (χ4v) is 3.45. The van der Waals surface area contributed by atoms with Gasteiger partial charge in [0.2, 0.25) is 0 Å². The average Bonchev–Trinajstić information content (AvgIpc) is 2.98. The zero-order chi connectivity index (χ0) is 15.3. The lowest BCUT2D eigenvalue weighted by Crippen LogP contribution is -2.49. The van der Waals surface area contributed by atoms with Crippen LogP contribution < -0.4 is 5.73 Å². The van der Waals surface area contributed by atoms with Crippen molar-refractivity contribution in [3.05, 3.63) is 0 Å².